The third-order valence-corrected chi connectivity index (χ3v) is 3.44. The molecule has 1 amide bonds. The molecule has 0 unspecified atom stereocenters. The van der Waals surface area contributed by atoms with Crippen molar-refractivity contribution in [1.29, 1.82) is 0 Å². The number of amides is 1. The minimum atomic E-state index is -0.408. The zero-order valence-electron chi connectivity index (χ0n) is 11.8. The quantitative estimate of drug-likeness (QED) is 0.858. The lowest BCUT2D eigenvalue weighted by Crippen LogP contribution is -2.38. The topological polar surface area (TPSA) is 54.5 Å². The van der Waals surface area contributed by atoms with Gasteiger partial charge in [0.1, 0.15) is 0 Å². The van der Waals surface area contributed by atoms with E-state index < -0.39 is 6.09 Å². The third kappa shape index (κ3) is 4.26. The molecule has 0 bridgehead atoms. The van der Waals surface area contributed by atoms with E-state index in [1.54, 1.807) is 6.92 Å². The Morgan fingerprint density at radius 3 is 2.70 bits per heavy atom. The van der Waals surface area contributed by atoms with E-state index in [1.165, 1.54) is 5.69 Å². The summed E-state index contributed by atoms with van der Waals surface area (Å²) in [6.07, 6.45) is 5.35. The summed E-state index contributed by atoms with van der Waals surface area (Å²) in [5.74, 6) is 0.917. The van der Waals surface area contributed by atoms with Crippen molar-refractivity contribution in [1.82, 2.24) is 10.3 Å². The van der Waals surface area contributed by atoms with Crippen LogP contribution in [-0.4, -0.2) is 30.7 Å². The molecular formula is C15H21N3O2. The summed E-state index contributed by atoms with van der Waals surface area (Å²) >= 11 is 0. The van der Waals surface area contributed by atoms with Crippen LogP contribution in [0.25, 0.3) is 0 Å². The third-order valence-electron chi connectivity index (χ3n) is 3.44. The molecule has 20 heavy (non-hydrogen) atoms. The first-order valence-corrected chi connectivity index (χ1v) is 6.91. The van der Waals surface area contributed by atoms with E-state index in [-0.39, 0.29) is 0 Å². The minimum Gasteiger partial charge on any atom is -0.416 e. The van der Waals surface area contributed by atoms with Crippen molar-refractivity contribution in [2.24, 2.45) is 5.92 Å². The molecule has 0 atom stereocenters. The highest BCUT2D eigenvalue weighted by Crippen LogP contribution is 2.22. The van der Waals surface area contributed by atoms with E-state index in [2.05, 4.69) is 21.8 Å². The van der Waals surface area contributed by atoms with Crippen LogP contribution in [0, 0.1) is 5.92 Å². The predicted molar refractivity (Wildman–Crippen MR) is 78.5 cm³/mol. The zero-order chi connectivity index (χ0) is 14.4. The molecule has 1 aliphatic rings. The standard InChI is InChI=1S/C15H21N3O2/c1-12(2)20-15(19)17-11-13-5-9-18(10-6-13)14-3-7-16-8-4-14/h3-4,7-8,13H,1,5-6,9-11H2,2H3,(H,17,19). The van der Waals surface area contributed by atoms with Gasteiger partial charge < -0.3 is 15.0 Å². The number of pyridine rings is 1. The molecule has 2 rings (SSSR count). The number of aromatic nitrogens is 1. The molecule has 1 N–H and O–H groups in total. The van der Waals surface area contributed by atoms with Gasteiger partial charge in [0.2, 0.25) is 0 Å². The highest BCUT2D eigenvalue weighted by atomic mass is 16.6. The average Bonchev–Trinajstić information content (AvgIpc) is 2.46. The Labute approximate surface area is 119 Å². The van der Waals surface area contributed by atoms with Crippen LogP contribution in [0.2, 0.25) is 0 Å². The average molecular weight is 275 g/mol. The monoisotopic (exact) mass is 275 g/mol. The summed E-state index contributed by atoms with van der Waals surface area (Å²) in [6.45, 7) is 7.87. The minimum absolute atomic E-state index is 0.408. The smallest absolute Gasteiger partial charge is 0.412 e. The number of piperidine rings is 1. The fraction of sp³-hybridized carbons (Fsp3) is 0.467. The van der Waals surface area contributed by atoms with Crippen LogP contribution in [-0.2, 0) is 4.74 Å². The molecule has 1 aromatic heterocycles. The number of nitrogens with zero attached hydrogens (tertiary/aromatic N) is 2. The van der Waals surface area contributed by atoms with Crippen molar-refractivity contribution in [2.75, 3.05) is 24.5 Å². The first kappa shape index (κ1) is 14.4. The molecule has 108 valence electrons. The van der Waals surface area contributed by atoms with E-state index >= 15 is 0 Å². The Bertz CT molecular complexity index is 453. The van der Waals surface area contributed by atoms with Crippen LogP contribution in [0.1, 0.15) is 19.8 Å². The fourth-order valence-corrected chi connectivity index (χ4v) is 2.37. The van der Waals surface area contributed by atoms with Gasteiger partial charge in [0.05, 0.1) is 5.76 Å². The number of allylic oxidation sites excluding steroid dienone is 1. The highest BCUT2D eigenvalue weighted by Gasteiger charge is 2.20. The van der Waals surface area contributed by atoms with E-state index in [4.69, 9.17) is 4.74 Å². The molecule has 5 heteroatoms. The summed E-state index contributed by atoms with van der Waals surface area (Å²) < 4.78 is 4.87. The molecule has 1 saturated heterocycles. The number of rotatable bonds is 4. The van der Waals surface area contributed by atoms with Gasteiger partial charge in [0.15, 0.2) is 0 Å². The molecule has 0 radical (unpaired) electrons. The molecule has 2 heterocycles. The highest BCUT2D eigenvalue weighted by molar-refractivity contribution is 5.68. The first-order valence-electron chi connectivity index (χ1n) is 6.91. The van der Waals surface area contributed by atoms with Gasteiger partial charge in [-0.3, -0.25) is 4.98 Å². The number of hydrogen-bond donors (Lipinski definition) is 1. The van der Waals surface area contributed by atoms with Crippen molar-refractivity contribution in [3.05, 3.63) is 36.9 Å². The van der Waals surface area contributed by atoms with Crippen molar-refractivity contribution in [2.45, 2.75) is 19.8 Å². The fourth-order valence-electron chi connectivity index (χ4n) is 2.37. The molecule has 1 aromatic rings. The number of carbonyl (C=O) groups excluding carboxylic acids is 1. The summed E-state index contributed by atoms with van der Waals surface area (Å²) in [7, 11) is 0. The number of anilines is 1. The molecule has 0 spiro atoms. The van der Waals surface area contributed by atoms with Gasteiger partial charge in [-0.15, -0.1) is 0 Å². The van der Waals surface area contributed by atoms with Crippen LogP contribution in [0.3, 0.4) is 0 Å². The van der Waals surface area contributed by atoms with Gasteiger partial charge in [-0.1, -0.05) is 6.58 Å². The SMILES string of the molecule is C=C(C)OC(=O)NCC1CCN(c2ccncc2)CC1. The molecule has 1 fully saturated rings. The second kappa shape index (κ2) is 6.93. The maximum absolute atomic E-state index is 11.4. The predicted octanol–water partition coefficient (Wildman–Crippen LogP) is 2.56. The van der Waals surface area contributed by atoms with Gasteiger partial charge in [-0.2, -0.15) is 0 Å². The van der Waals surface area contributed by atoms with Gasteiger partial charge >= 0.3 is 6.09 Å². The van der Waals surface area contributed by atoms with E-state index in [1.807, 2.05) is 24.5 Å². The summed E-state index contributed by atoms with van der Waals surface area (Å²) in [4.78, 5) is 17.8. The molecule has 0 saturated carbocycles. The Hall–Kier alpha value is -2.04. The maximum atomic E-state index is 11.4. The lowest BCUT2D eigenvalue weighted by molar-refractivity contribution is 0.173. The van der Waals surface area contributed by atoms with Crippen molar-refractivity contribution in [3.63, 3.8) is 0 Å². The van der Waals surface area contributed by atoms with Crippen molar-refractivity contribution >= 4 is 11.8 Å². The summed E-state index contributed by atoms with van der Waals surface area (Å²) in [6, 6.07) is 4.06. The van der Waals surface area contributed by atoms with Gasteiger partial charge in [0, 0.05) is 37.7 Å². The largest absolute Gasteiger partial charge is 0.416 e. The van der Waals surface area contributed by atoms with Crippen molar-refractivity contribution < 1.29 is 9.53 Å². The lowest BCUT2D eigenvalue weighted by atomic mass is 9.96. The molecule has 0 aliphatic carbocycles. The Morgan fingerprint density at radius 1 is 1.45 bits per heavy atom. The van der Waals surface area contributed by atoms with Crippen LogP contribution < -0.4 is 10.2 Å². The first-order chi connectivity index (χ1) is 9.65. The van der Waals surface area contributed by atoms with Crippen LogP contribution >= 0.6 is 0 Å². The van der Waals surface area contributed by atoms with Gasteiger partial charge in [-0.05, 0) is 37.8 Å². The number of hydrogen-bond acceptors (Lipinski definition) is 4. The van der Waals surface area contributed by atoms with E-state index in [9.17, 15) is 4.79 Å². The lowest BCUT2D eigenvalue weighted by Gasteiger charge is -2.33. The van der Waals surface area contributed by atoms with Gasteiger partial charge in [0.25, 0.3) is 0 Å². The number of carbonyl (C=O) groups is 1. The Morgan fingerprint density at radius 2 is 2.10 bits per heavy atom. The second-order valence-electron chi connectivity index (χ2n) is 5.11. The summed E-state index contributed by atoms with van der Waals surface area (Å²) in [5, 5.41) is 2.79. The number of nitrogens with one attached hydrogen (secondary N) is 1. The van der Waals surface area contributed by atoms with Crippen molar-refractivity contribution in [3.8, 4) is 0 Å². The summed E-state index contributed by atoms with van der Waals surface area (Å²) in [5.41, 5.74) is 1.22. The van der Waals surface area contributed by atoms with Crippen LogP contribution in [0.15, 0.2) is 36.9 Å². The molecule has 1 aliphatic heterocycles. The number of ether oxygens (including phenoxy) is 1. The number of alkyl carbamates (subject to hydrolysis) is 1. The molecule has 5 nitrogen and oxygen atoms in total. The second-order valence-corrected chi connectivity index (χ2v) is 5.11. The molecular weight excluding hydrogens is 254 g/mol. The Kier molecular flexibility index (Phi) is 4.98. The normalized spacial score (nSPS) is 15.8. The Balaban J connectivity index is 1.72. The maximum Gasteiger partial charge on any atom is 0.412 e. The zero-order valence-corrected chi connectivity index (χ0v) is 11.8. The van der Waals surface area contributed by atoms with Crippen LogP contribution in [0.5, 0.6) is 0 Å². The van der Waals surface area contributed by atoms with Crippen LogP contribution in [0.4, 0.5) is 10.5 Å². The van der Waals surface area contributed by atoms with E-state index in [0.717, 1.165) is 25.9 Å². The molecule has 0 aromatic carbocycles. The van der Waals surface area contributed by atoms with Gasteiger partial charge in [-0.25, -0.2) is 4.79 Å². The van der Waals surface area contributed by atoms with E-state index in [0.29, 0.717) is 18.2 Å².